The highest BCUT2D eigenvalue weighted by atomic mass is 16.5. The fourth-order valence-electron chi connectivity index (χ4n) is 5.93. The molecule has 1 aromatic heterocycles. The van der Waals surface area contributed by atoms with Gasteiger partial charge in [0.05, 0.1) is 19.2 Å². The Morgan fingerprint density at radius 1 is 1.00 bits per heavy atom. The summed E-state index contributed by atoms with van der Waals surface area (Å²) < 4.78 is 5.13. The van der Waals surface area contributed by atoms with Crippen LogP contribution in [0.4, 0.5) is 4.79 Å². The largest absolute Gasteiger partial charge is 0.481 e. The van der Waals surface area contributed by atoms with E-state index < -0.39 is 64.9 Å². The van der Waals surface area contributed by atoms with Crippen molar-refractivity contribution in [2.45, 2.75) is 98.3 Å². The first-order chi connectivity index (χ1) is 21.5. The van der Waals surface area contributed by atoms with Crippen molar-refractivity contribution in [3.63, 3.8) is 0 Å². The number of primary amides is 1. The number of nitrogens with one attached hydrogen (secondary N) is 3. The van der Waals surface area contributed by atoms with Crippen LogP contribution in [0.15, 0.2) is 18.2 Å². The smallest absolute Gasteiger partial charge is 0.316 e. The quantitative estimate of drug-likeness (QED) is 0.175. The Hall–Kier alpha value is -4.03. The van der Waals surface area contributed by atoms with Crippen LogP contribution in [0.2, 0.25) is 0 Å². The number of urea groups is 1. The molecule has 0 radical (unpaired) electrons. The van der Waals surface area contributed by atoms with Crippen LogP contribution >= 0.6 is 0 Å². The van der Waals surface area contributed by atoms with Gasteiger partial charge in [-0.25, -0.2) is 9.78 Å². The summed E-state index contributed by atoms with van der Waals surface area (Å²) in [4.78, 5) is 84.8. The minimum atomic E-state index is -1.12. The maximum absolute atomic E-state index is 14.2. The molecule has 5 amide bonds. The van der Waals surface area contributed by atoms with E-state index >= 15 is 0 Å². The number of carbonyl (C=O) groups excluding carboxylic acids is 6. The lowest BCUT2D eigenvalue weighted by atomic mass is 9.84. The Morgan fingerprint density at radius 3 is 2.17 bits per heavy atom. The number of likely N-dealkylation sites (tertiary alicyclic amines) is 1. The summed E-state index contributed by atoms with van der Waals surface area (Å²) in [5.74, 6) is -3.40. The van der Waals surface area contributed by atoms with Crippen LogP contribution < -0.4 is 26.4 Å². The van der Waals surface area contributed by atoms with Crippen LogP contribution in [0.5, 0.6) is 5.88 Å². The number of nitrogens with two attached hydrogens (primary N) is 1. The summed E-state index contributed by atoms with van der Waals surface area (Å²) in [6, 6.07) is 0.0639. The predicted molar refractivity (Wildman–Crippen MR) is 171 cm³/mol. The molecule has 46 heavy (non-hydrogen) atoms. The molecule has 1 aliphatic carbocycles. The van der Waals surface area contributed by atoms with Gasteiger partial charge in [0.2, 0.25) is 29.3 Å². The molecule has 0 bridgehead atoms. The third-order valence-electron chi connectivity index (χ3n) is 8.80. The van der Waals surface area contributed by atoms with Gasteiger partial charge in [-0.1, -0.05) is 67.4 Å². The number of Topliss-reactive ketones (excluding diaryl/α,β-unsaturated/α-hetero) is 2. The maximum Gasteiger partial charge on any atom is 0.316 e. The average molecular weight is 643 g/mol. The first kappa shape index (κ1) is 36.4. The van der Waals surface area contributed by atoms with Crippen LogP contribution in [-0.4, -0.2) is 83.0 Å². The zero-order chi connectivity index (χ0) is 34.5. The zero-order valence-electron chi connectivity index (χ0n) is 28.2. The van der Waals surface area contributed by atoms with Crippen LogP contribution in [0.25, 0.3) is 0 Å². The summed E-state index contributed by atoms with van der Waals surface area (Å²) >= 11 is 0. The molecular weight excluding hydrogens is 592 g/mol. The molecule has 1 aliphatic heterocycles. The molecule has 13 heteroatoms. The van der Waals surface area contributed by atoms with Gasteiger partial charge in [-0.3, -0.25) is 24.0 Å². The van der Waals surface area contributed by atoms with Crippen LogP contribution in [0.1, 0.15) is 84.6 Å². The van der Waals surface area contributed by atoms with Crippen molar-refractivity contribution in [2.24, 2.45) is 34.8 Å². The van der Waals surface area contributed by atoms with Gasteiger partial charge in [0.15, 0.2) is 0 Å². The Balaban J connectivity index is 1.83. The number of methoxy groups -OCH3 is 1. The third-order valence-corrected chi connectivity index (χ3v) is 8.80. The monoisotopic (exact) mass is 642 g/mol. The number of carbonyl (C=O) groups is 6. The molecule has 3 rings (SSSR count). The Kier molecular flexibility index (Phi) is 11.9. The molecule has 0 aromatic carbocycles. The maximum atomic E-state index is 14.2. The molecule has 254 valence electrons. The number of ketones is 2. The first-order valence-corrected chi connectivity index (χ1v) is 16.0. The lowest BCUT2D eigenvalue weighted by molar-refractivity contribution is -0.144. The van der Waals surface area contributed by atoms with Crippen molar-refractivity contribution in [3.05, 3.63) is 23.9 Å². The van der Waals surface area contributed by atoms with E-state index in [0.29, 0.717) is 12.8 Å². The molecule has 2 aliphatic rings. The fourth-order valence-corrected chi connectivity index (χ4v) is 5.93. The van der Waals surface area contributed by atoms with Crippen molar-refractivity contribution in [1.29, 1.82) is 0 Å². The molecule has 2 heterocycles. The topological polar surface area (TPSA) is 190 Å². The Morgan fingerprint density at radius 2 is 1.65 bits per heavy atom. The van der Waals surface area contributed by atoms with E-state index in [9.17, 15) is 28.8 Å². The normalized spacial score (nSPS) is 20.1. The van der Waals surface area contributed by atoms with E-state index in [1.165, 1.54) is 18.1 Å². The van der Waals surface area contributed by atoms with Gasteiger partial charge in [-0.15, -0.1) is 0 Å². The second-order valence-corrected chi connectivity index (χ2v) is 14.2. The number of aromatic nitrogens is 1. The highest BCUT2D eigenvalue weighted by molar-refractivity contribution is 6.37. The second kappa shape index (κ2) is 15.0. The van der Waals surface area contributed by atoms with Crippen molar-refractivity contribution >= 4 is 35.3 Å². The molecular formula is C33H50N6O7. The van der Waals surface area contributed by atoms with Crippen LogP contribution in [-0.2, 0) is 19.2 Å². The number of pyridine rings is 1. The molecule has 1 aromatic rings. The number of nitrogens with zero attached hydrogens (tertiary/aromatic N) is 2. The first-order valence-electron chi connectivity index (χ1n) is 16.0. The zero-order valence-corrected chi connectivity index (χ0v) is 28.2. The number of hydrogen-bond acceptors (Lipinski definition) is 8. The average Bonchev–Trinajstić information content (AvgIpc) is 3.69. The Labute approximate surface area is 271 Å². The van der Waals surface area contributed by atoms with E-state index in [1.807, 2.05) is 13.8 Å². The number of rotatable bonds is 14. The van der Waals surface area contributed by atoms with Gasteiger partial charge >= 0.3 is 6.03 Å². The lowest BCUT2D eigenvalue weighted by Gasteiger charge is -2.37. The van der Waals surface area contributed by atoms with Gasteiger partial charge < -0.3 is 31.3 Å². The molecule has 1 saturated carbocycles. The van der Waals surface area contributed by atoms with Crippen molar-refractivity contribution in [1.82, 2.24) is 25.8 Å². The van der Waals surface area contributed by atoms with E-state index in [0.717, 1.165) is 12.8 Å². The molecule has 2 fully saturated rings. The molecule has 13 nitrogen and oxygen atoms in total. The fraction of sp³-hybridized carbons (Fsp3) is 0.667. The molecule has 1 unspecified atom stereocenters. The minimum Gasteiger partial charge on any atom is -0.481 e. The van der Waals surface area contributed by atoms with Crippen molar-refractivity contribution < 1.29 is 33.5 Å². The number of amides is 5. The summed E-state index contributed by atoms with van der Waals surface area (Å²) in [6.07, 6.45) is 2.66. The molecule has 1 saturated heterocycles. The summed E-state index contributed by atoms with van der Waals surface area (Å²) in [5.41, 5.74) is 4.63. The molecule has 5 atom stereocenters. The lowest BCUT2D eigenvalue weighted by Crippen LogP contribution is -2.62. The molecule has 5 N–H and O–H groups in total. The van der Waals surface area contributed by atoms with Gasteiger partial charge in [0.25, 0.3) is 5.91 Å². The summed E-state index contributed by atoms with van der Waals surface area (Å²) in [6.45, 7) is 13.1. The molecule has 0 spiro atoms. The summed E-state index contributed by atoms with van der Waals surface area (Å²) in [5, 5.41) is 8.24. The summed E-state index contributed by atoms with van der Waals surface area (Å²) in [7, 11) is 1.44. The van der Waals surface area contributed by atoms with E-state index in [1.54, 1.807) is 46.8 Å². The number of hydrogen-bond donors (Lipinski definition) is 4. The van der Waals surface area contributed by atoms with Gasteiger partial charge in [-0.2, -0.15) is 0 Å². The van der Waals surface area contributed by atoms with E-state index in [2.05, 4.69) is 20.9 Å². The van der Waals surface area contributed by atoms with E-state index in [-0.39, 0.29) is 41.8 Å². The second-order valence-electron chi connectivity index (χ2n) is 14.2. The van der Waals surface area contributed by atoms with Crippen molar-refractivity contribution in [3.8, 4) is 5.88 Å². The van der Waals surface area contributed by atoms with Crippen LogP contribution in [0.3, 0.4) is 0 Å². The minimum absolute atomic E-state index is 0.0228. The van der Waals surface area contributed by atoms with E-state index in [4.69, 9.17) is 10.5 Å². The predicted octanol–water partition coefficient (Wildman–Crippen LogP) is 2.22. The van der Waals surface area contributed by atoms with Crippen molar-refractivity contribution in [2.75, 3.05) is 13.7 Å². The Bertz CT molecular complexity index is 1320. The standard InChI is InChI=1S/C33H50N6O7/c1-17(2)20-14-15-39(25(20)30(43)36-22(16-19-12-13-19)27(41)29(34)42)31(44)28(33(5,6)7)38-32(45)37-24(18(3)4)26(40)21-10-9-11-23(35-21)46-8/h9-11,17-20,22,24-25,28H,12-16H2,1-8H3,(H2,34,42)(H,36,43)(H2,37,38,45)/t20-,22?,24+,25+,28-/m1/s1. The third kappa shape index (κ3) is 9.03. The highest BCUT2D eigenvalue weighted by Gasteiger charge is 2.48. The van der Waals surface area contributed by atoms with Gasteiger partial charge in [0.1, 0.15) is 17.8 Å². The van der Waals surface area contributed by atoms with Gasteiger partial charge in [-0.05, 0) is 48.0 Å². The highest BCUT2D eigenvalue weighted by Crippen LogP contribution is 2.35. The SMILES string of the molecule is COc1cccc(C(=O)[C@@H](NC(=O)N[C@H](C(=O)N2CC[C@H](C(C)C)[C@H]2C(=O)NC(CC2CC2)C(=O)C(N)=O)C(C)(C)C)C(C)C)n1. The van der Waals surface area contributed by atoms with Crippen LogP contribution in [0, 0.1) is 29.1 Å². The van der Waals surface area contributed by atoms with Gasteiger partial charge in [0, 0.05) is 12.6 Å². The number of ether oxygens (including phenoxy) is 1.